The fraction of sp³-hybridized carbons (Fsp3) is 0.381. The summed E-state index contributed by atoms with van der Waals surface area (Å²) in [7, 11) is 0. The average molecular weight is 400 g/mol. The molecule has 2 rings (SSSR count). The molecule has 0 saturated carbocycles. The number of thiophene rings is 1. The van der Waals surface area contributed by atoms with Gasteiger partial charge in [-0.15, -0.1) is 11.3 Å². The number of benzene rings is 1. The molecule has 0 radical (unpaired) electrons. The Balaban J connectivity index is 2.20. The first kappa shape index (κ1) is 21.6. The molecule has 0 fully saturated rings. The van der Waals surface area contributed by atoms with Crippen LogP contribution in [0.2, 0.25) is 0 Å². The molecule has 0 saturated heterocycles. The van der Waals surface area contributed by atoms with E-state index in [1.807, 2.05) is 49.1 Å². The number of nitriles is 1. The SMILES string of the molecule is CCOC(=O)c1sc(-c2ccccc2)cc1NC(=O)CN(CC)CC(C)C#N. The van der Waals surface area contributed by atoms with Gasteiger partial charge in [-0.05, 0) is 32.0 Å². The summed E-state index contributed by atoms with van der Waals surface area (Å²) in [6.45, 7) is 7.11. The molecule has 148 valence electrons. The molecular formula is C21H25N3O3S. The molecule has 1 N–H and O–H groups in total. The van der Waals surface area contributed by atoms with Crippen LogP contribution >= 0.6 is 11.3 Å². The number of nitrogens with zero attached hydrogens (tertiary/aromatic N) is 2. The molecule has 0 aliphatic rings. The second-order valence-corrected chi connectivity index (χ2v) is 7.40. The number of carbonyl (C=O) groups excluding carboxylic acids is 2. The van der Waals surface area contributed by atoms with Crippen molar-refractivity contribution in [2.24, 2.45) is 5.92 Å². The molecule has 0 aliphatic carbocycles. The Morgan fingerprint density at radius 3 is 2.61 bits per heavy atom. The van der Waals surface area contributed by atoms with Crippen molar-refractivity contribution in [3.05, 3.63) is 41.3 Å². The van der Waals surface area contributed by atoms with Gasteiger partial charge in [0.15, 0.2) is 0 Å². The Bertz CT molecular complexity index is 842. The first-order valence-electron chi connectivity index (χ1n) is 9.26. The van der Waals surface area contributed by atoms with E-state index in [9.17, 15) is 9.59 Å². The minimum Gasteiger partial charge on any atom is -0.462 e. The summed E-state index contributed by atoms with van der Waals surface area (Å²) in [6, 6.07) is 13.7. The zero-order chi connectivity index (χ0) is 20.5. The van der Waals surface area contributed by atoms with Gasteiger partial charge in [-0.3, -0.25) is 9.69 Å². The highest BCUT2D eigenvalue weighted by Crippen LogP contribution is 2.35. The molecule has 1 aromatic heterocycles. The Morgan fingerprint density at radius 1 is 1.29 bits per heavy atom. The van der Waals surface area contributed by atoms with Gasteiger partial charge in [-0.2, -0.15) is 5.26 Å². The van der Waals surface area contributed by atoms with Crippen molar-refractivity contribution in [2.75, 3.05) is 31.6 Å². The van der Waals surface area contributed by atoms with E-state index in [1.165, 1.54) is 11.3 Å². The average Bonchev–Trinajstić information content (AvgIpc) is 3.11. The van der Waals surface area contributed by atoms with Crippen LogP contribution in [0.1, 0.15) is 30.4 Å². The van der Waals surface area contributed by atoms with Crippen LogP contribution in [0, 0.1) is 17.2 Å². The second-order valence-electron chi connectivity index (χ2n) is 6.35. The van der Waals surface area contributed by atoms with Gasteiger partial charge in [0.2, 0.25) is 5.91 Å². The number of rotatable bonds is 9. The molecule has 1 aromatic carbocycles. The number of hydrogen-bond acceptors (Lipinski definition) is 6. The zero-order valence-electron chi connectivity index (χ0n) is 16.4. The third-order valence-electron chi connectivity index (χ3n) is 4.09. The van der Waals surface area contributed by atoms with E-state index in [1.54, 1.807) is 13.0 Å². The molecule has 1 unspecified atom stereocenters. The maximum Gasteiger partial charge on any atom is 0.350 e. The summed E-state index contributed by atoms with van der Waals surface area (Å²) in [6.07, 6.45) is 0. The van der Waals surface area contributed by atoms with E-state index in [-0.39, 0.29) is 25.0 Å². The standard InChI is InChI=1S/C21H25N3O3S/c1-4-24(13-15(3)12-22)14-19(25)23-17-11-18(16-9-7-6-8-10-16)28-20(17)21(26)27-5-2/h6-11,15H,4-5,13-14H2,1-3H3,(H,23,25). The number of esters is 1. The van der Waals surface area contributed by atoms with Crippen LogP contribution in [0.25, 0.3) is 10.4 Å². The monoisotopic (exact) mass is 399 g/mol. The van der Waals surface area contributed by atoms with Crippen molar-refractivity contribution >= 4 is 28.9 Å². The Kier molecular flexibility index (Phi) is 8.18. The van der Waals surface area contributed by atoms with Gasteiger partial charge < -0.3 is 10.1 Å². The van der Waals surface area contributed by atoms with Crippen molar-refractivity contribution in [1.82, 2.24) is 4.90 Å². The van der Waals surface area contributed by atoms with E-state index < -0.39 is 5.97 Å². The normalized spacial score (nSPS) is 11.7. The predicted molar refractivity (Wildman–Crippen MR) is 111 cm³/mol. The number of hydrogen-bond donors (Lipinski definition) is 1. The number of anilines is 1. The van der Waals surface area contributed by atoms with Gasteiger partial charge in [-0.25, -0.2) is 4.79 Å². The van der Waals surface area contributed by atoms with Crippen molar-refractivity contribution in [1.29, 1.82) is 5.26 Å². The summed E-state index contributed by atoms with van der Waals surface area (Å²) < 4.78 is 5.14. The molecule has 28 heavy (non-hydrogen) atoms. The molecule has 1 heterocycles. The first-order chi connectivity index (χ1) is 13.5. The van der Waals surface area contributed by atoms with Crippen LogP contribution < -0.4 is 5.32 Å². The Morgan fingerprint density at radius 2 is 2.00 bits per heavy atom. The van der Waals surface area contributed by atoms with Crippen molar-refractivity contribution < 1.29 is 14.3 Å². The predicted octanol–water partition coefficient (Wildman–Crippen LogP) is 4.01. The fourth-order valence-corrected chi connectivity index (χ4v) is 3.72. The van der Waals surface area contributed by atoms with Gasteiger partial charge in [-0.1, -0.05) is 37.3 Å². The van der Waals surface area contributed by atoms with Gasteiger partial charge in [0.1, 0.15) is 4.88 Å². The lowest BCUT2D eigenvalue weighted by Crippen LogP contribution is -2.36. The molecule has 1 atom stereocenters. The zero-order valence-corrected chi connectivity index (χ0v) is 17.2. The summed E-state index contributed by atoms with van der Waals surface area (Å²) in [4.78, 5) is 28.0. The van der Waals surface area contributed by atoms with Crippen LogP contribution in [0.15, 0.2) is 36.4 Å². The van der Waals surface area contributed by atoms with E-state index in [4.69, 9.17) is 10.00 Å². The van der Waals surface area contributed by atoms with Gasteiger partial charge >= 0.3 is 5.97 Å². The third kappa shape index (κ3) is 5.91. The molecule has 7 heteroatoms. The van der Waals surface area contributed by atoms with Crippen molar-refractivity contribution in [3.8, 4) is 16.5 Å². The van der Waals surface area contributed by atoms with Gasteiger partial charge in [0, 0.05) is 11.4 Å². The van der Waals surface area contributed by atoms with Crippen LogP contribution in [-0.2, 0) is 9.53 Å². The maximum absolute atomic E-state index is 12.5. The largest absolute Gasteiger partial charge is 0.462 e. The van der Waals surface area contributed by atoms with E-state index in [2.05, 4.69) is 11.4 Å². The quantitative estimate of drug-likeness (QED) is 0.644. The van der Waals surface area contributed by atoms with E-state index >= 15 is 0 Å². The van der Waals surface area contributed by atoms with Crippen LogP contribution in [-0.4, -0.2) is 43.0 Å². The number of likely N-dealkylation sites (N-methyl/N-ethyl adjacent to an activating group) is 1. The summed E-state index contributed by atoms with van der Waals surface area (Å²) >= 11 is 1.30. The maximum atomic E-state index is 12.5. The molecule has 0 bridgehead atoms. The van der Waals surface area contributed by atoms with E-state index in [0.29, 0.717) is 23.7 Å². The molecule has 6 nitrogen and oxygen atoms in total. The number of ether oxygens (including phenoxy) is 1. The smallest absolute Gasteiger partial charge is 0.350 e. The van der Waals surface area contributed by atoms with Crippen LogP contribution in [0.3, 0.4) is 0 Å². The highest BCUT2D eigenvalue weighted by atomic mass is 32.1. The van der Waals surface area contributed by atoms with Crippen molar-refractivity contribution in [2.45, 2.75) is 20.8 Å². The lowest BCUT2D eigenvalue weighted by Gasteiger charge is -2.20. The molecule has 0 aliphatic heterocycles. The Labute approximate surface area is 169 Å². The fourth-order valence-electron chi connectivity index (χ4n) is 2.70. The topological polar surface area (TPSA) is 82.4 Å². The molecule has 2 aromatic rings. The van der Waals surface area contributed by atoms with E-state index in [0.717, 1.165) is 10.4 Å². The summed E-state index contributed by atoms with van der Waals surface area (Å²) in [5.41, 5.74) is 1.42. The molecule has 1 amide bonds. The summed E-state index contributed by atoms with van der Waals surface area (Å²) in [5, 5.41) is 11.8. The lowest BCUT2D eigenvalue weighted by atomic mass is 10.2. The van der Waals surface area contributed by atoms with Crippen LogP contribution in [0.5, 0.6) is 0 Å². The third-order valence-corrected chi connectivity index (χ3v) is 5.26. The minimum atomic E-state index is -0.449. The summed E-state index contributed by atoms with van der Waals surface area (Å²) in [5.74, 6) is -0.834. The minimum absolute atomic E-state index is 0.154. The number of amides is 1. The van der Waals surface area contributed by atoms with Gasteiger partial charge in [0.25, 0.3) is 0 Å². The van der Waals surface area contributed by atoms with Crippen molar-refractivity contribution in [3.63, 3.8) is 0 Å². The lowest BCUT2D eigenvalue weighted by molar-refractivity contribution is -0.117. The Hall–Kier alpha value is -2.69. The highest BCUT2D eigenvalue weighted by Gasteiger charge is 2.21. The highest BCUT2D eigenvalue weighted by molar-refractivity contribution is 7.18. The van der Waals surface area contributed by atoms with Crippen LogP contribution in [0.4, 0.5) is 5.69 Å². The van der Waals surface area contributed by atoms with Gasteiger partial charge in [0.05, 0.1) is 30.8 Å². The molecule has 0 spiro atoms. The number of carbonyl (C=O) groups is 2. The second kappa shape index (κ2) is 10.6. The first-order valence-corrected chi connectivity index (χ1v) is 10.1. The number of nitrogens with one attached hydrogen (secondary N) is 1. The molecular weight excluding hydrogens is 374 g/mol.